The van der Waals surface area contributed by atoms with E-state index in [-0.39, 0.29) is 5.92 Å². The first kappa shape index (κ1) is 14.2. The van der Waals surface area contributed by atoms with Crippen molar-refractivity contribution in [3.8, 4) is 0 Å². The van der Waals surface area contributed by atoms with Crippen LogP contribution < -0.4 is 0 Å². The number of carbonyl (C=O) groups excluding carboxylic acids is 1. The minimum Gasteiger partial charge on any atom is -0.457 e. The Morgan fingerprint density at radius 2 is 2.18 bits per heavy atom. The SMILES string of the molecule is C=CCO[C@H]1OC(C)[C@H](OC(C)=O)[C@@H](O)C1C. The molecule has 0 amide bonds. The van der Waals surface area contributed by atoms with Gasteiger partial charge in [0.1, 0.15) is 6.10 Å². The van der Waals surface area contributed by atoms with Crippen molar-refractivity contribution in [3.63, 3.8) is 0 Å². The molecule has 1 N–H and O–H groups in total. The highest BCUT2D eigenvalue weighted by Gasteiger charge is 2.43. The monoisotopic (exact) mass is 244 g/mol. The van der Waals surface area contributed by atoms with Crippen LogP contribution in [0, 0.1) is 5.92 Å². The topological polar surface area (TPSA) is 65.0 Å². The van der Waals surface area contributed by atoms with Gasteiger partial charge in [0.2, 0.25) is 0 Å². The van der Waals surface area contributed by atoms with Crippen LogP contribution in [0.15, 0.2) is 12.7 Å². The lowest BCUT2D eigenvalue weighted by atomic mass is 9.93. The van der Waals surface area contributed by atoms with Crippen molar-refractivity contribution in [2.24, 2.45) is 5.92 Å². The number of ether oxygens (including phenoxy) is 3. The van der Waals surface area contributed by atoms with Gasteiger partial charge in [-0.2, -0.15) is 0 Å². The Balaban J connectivity index is 2.65. The zero-order chi connectivity index (χ0) is 13.0. The van der Waals surface area contributed by atoms with E-state index in [1.165, 1.54) is 6.92 Å². The molecule has 0 aromatic heterocycles. The Morgan fingerprint density at radius 3 is 2.71 bits per heavy atom. The fourth-order valence-electron chi connectivity index (χ4n) is 1.86. The largest absolute Gasteiger partial charge is 0.457 e. The van der Waals surface area contributed by atoms with Crippen molar-refractivity contribution >= 4 is 5.97 Å². The van der Waals surface area contributed by atoms with Crippen molar-refractivity contribution < 1.29 is 24.1 Å². The van der Waals surface area contributed by atoms with E-state index in [2.05, 4.69) is 6.58 Å². The van der Waals surface area contributed by atoms with Crippen LogP contribution in [0.3, 0.4) is 0 Å². The van der Waals surface area contributed by atoms with Gasteiger partial charge < -0.3 is 19.3 Å². The Kier molecular flexibility index (Phi) is 5.11. The maximum atomic E-state index is 10.9. The molecule has 5 heteroatoms. The van der Waals surface area contributed by atoms with Gasteiger partial charge in [0.15, 0.2) is 12.4 Å². The quantitative estimate of drug-likeness (QED) is 0.587. The van der Waals surface area contributed by atoms with Crippen molar-refractivity contribution in [2.45, 2.75) is 45.4 Å². The fraction of sp³-hybridized carbons (Fsp3) is 0.750. The summed E-state index contributed by atoms with van der Waals surface area (Å²) < 4.78 is 16.0. The van der Waals surface area contributed by atoms with Gasteiger partial charge in [-0.15, -0.1) is 6.58 Å². The van der Waals surface area contributed by atoms with E-state index in [1.54, 1.807) is 19.9 Å². The third kappa shape index (κ3) is 3.52. The smallest absolute Gasteiger partial charge is 0.303 e. The number of aliphatic hydroxyl groups excluding tert-OH is 1. The molecule has 1 saturated heterocycles. The normalized spacial score (nSPS) is 37.5. The summed E-state index contributed by atoms with van der Waals surface area (Å²) in [6.45, 7) is 8.75. The molecule has 0 bridgehead atoms. The van der Waals surface area contributed by atoms with Crippen molar-refractivity contribution in [3.05, 3.63) is 12.7 Å². The van der Waals surface area contributed by atoms with E-state index in [4.69, 9.17) is 14.2 Å². The second-order valence-electron chi connectivity index (χ2n) is 4.26. The summed E-state index contributed by atoms with van der Waals surface area (Å²) in [5.74, 6) is -0.697. The number of esters is 1. The predicted molar refractivity (Wildman–Crippen MR) is 61.2 cm³/mol. The zero-order valence-corrected chi connectivity index (χ0v) is 10.5. The molecule has 1 aliphatic heterocycles. The Bertz CT molecular complexity index is 278. The minimum atomic E-state index is -0.794. The van der Waals surface area contributed by atoms with Gasteiger partial charge in [-0.3, -0.25) is 4.79 Å². The van der Waals surface area contributed by atoms with E-state index in [1.807, 2.05) is 0 Å². The first-order valence-electron chi connectivity index (χ1n) is 5.70. The van der Waals surface area contributed by atoms with Crippen LogP contribution in [0.25, 0.3) is 0 Å². The molecule has 98 valence electrons. The molecule has 5 atom stereocenters. The summed E-state index contributed by atoms with van der Waals surface area (Å²) in [6, 6.07) is 0. The number of hydrogen-bond acceptors (Lipinski definition) is 5. The van der Waals surface area contributed by atoms with Gasteiger partial charge in [-0.05, 0) is 6.92 Å². The van der Waals surface area contributed by atoms with Crippen LogP contribution in [0.4, 0.5) is 0 Å². The highest BCUT2D eigenvalue weighted by atomic mass is 16.7. The van der Waals surface area contributed by atoms with E-state index >= 15 is 0 Å². The summed E-state index contributed by atoms with van der Waals surface area (Å²) in [6.07, 6.45) is -0.737. The third-order valence-electron chi connectivity index (χ3n) is 2.80. The molecule has 0 aromatic carbocycles. The number of rotatable bonds is 4. The fourth-order valence-corrected chi connectivity index (χ4v) is 1.86. The van der Waals surface area contributed by atoms with Gasteiger partial charge in [0.25, 0.3) is 0 Å². The Hall–Kier alpha value is -0.910. The predicted octanol–water partition coefficient (Wildman–Crippen LogP) is 0.862. The molecule has 0 saturated carbocycles. The average Bonchev–Trinajstić information content (AvgIpc) is 2.27. The van der Waals surface area contributed by atoms with E-state index < -0.39 is 30.6 Å². The lowest BCUT2D eigenvalue weighted by molar-refractivity contribution is -0.273. The third-order valence-corrected chi connectivity index (χ3v) is 2.80. The van der Waals surface area contributed by atoms with Crippen LogP contribution in [0.5, 0.6) is 0 Å². The van der Waals surface area contributed by atoms with E-state index in [0.717, 1.165) is 0 Å². The van der Waals surface area contributed by atoms with Gasteiger partial charge in [-0.1, -0.05) is 13.0 Å². The molecule has 0 radical (unpaired) electrons. The molecule has 2 unspecified atom stereocenters. The molecular weight excluding hydrogens is 224 g/mol. The second kappa shape index (κ2) is 6.14. The molecule has 1 fully saturated rings. The summed E-state index contributed by atoms with van der Waals surface area (Å²) in [4.78, 5) is 10.9. The summed E-state index contributed by atoms with van der Waals surface area (Å²) >= 11 is 0. The highest BCUT2D eigenvalue weighted by Crippen LogP contribution is 2.28. The lowest BCUT2D eigenvalue weighted by Crippen LogP contribution is -2.54. The molecule has 0 aliphatic carbocycles. The van der Waals surface area contributed by atoms with Crippen LogP contribution in [-0.2, 0) is 19.0 Å². The molecular formula is C12H20O5. The van der Waals surface area contributed by atoms with Crippen LogP contribution >= 0.6 is 0 Å². The maximum absolute atomic E-state index is 10.9. The standard InChI is InChI=1S/C12H20O5/c1-5-6-15-12-7(2)10(14)11(8(3)16-12)17-9(4)13/h5,7-8,10-12,14H,1,6H2,2-4H3/t7?,8?,10-,11-,12-/m0/s1. The maximum Gasteiger partial charge on any atom is 0.303 e. The van der Waals surface area contributed by atoms with Crippen molar-refractivity contribution in [2.75, 3.05) is 6.61 Å². The molecule has 0 aromatic rings. The van der Waals surface area contributed by atoms with Crippen LogP contribution in [0.1, 0.15) is 20.8 Å². The first-order valence-corrected chi connectivity index (χ1v) is 5.70. The van der Waals surface area contributed by atoms with E-state index in [9.17, 15) is 9.90 Å². The molecule has 17 heavy (non-hydrogen) atoms. The van der Waals surface area contributed by atoms with Crippen LogP contribution in [-0.4, -0.2) is 42.3 Å². The molecule has 0 spiro atoms. The second-order valence-corrected chi connectivity index (χ2v) is 4.26. The zero-order valence-electron chi connectivity index (χ0n) is 10.5. The van der Waals surface area contributed by atoms with Crippen molar-refractivity contribution in [1.29, 1.82) is 0 Å². The molecule has 5 nitrogen and oxygen atoms in total. The van der Waals surface area contributed by atoms with Crippen LogP contribution in [0.2, 0.25) is 0 Å². The lowest BCUT2D eigenvalue weighted by Gasteiger charge is -2.41. The Labute approximate surface area is 101 Å². The molecule has 1 aliphatic rings. The summed E-state index contributed by atoms with van der Waals surface area (Å²) in [7, 11) is 0. The van der Waals surface area contributed by atoms with Gasteiger partial charge >= 0.3 is 5.97 Å². The molecule has 1 heterocycles. The Morgan fingerprint density at radius 1 is 1.53 bits per heavy atom. The number of carbonyl (C=O) groups is 1. The van der Waals surface area contributed by atoms with Gasteiger partial charge in [-0.25, -0.2) is 0 Å². The minimum absolute atomic E-state index is 0.268. The van der Waals surface area contributed by atoms with E-state index in [0.29, 0.717) is 6.61 Å². The molecule has 1 rings (SSSR count). The summed E-state index contributed by atoms with van der Waals surface area (Å²) in [5.41, 5.74) is 0. The van der Waals surface area contributed by atoms with Gasteiger partial charge in [0, 0.05) is 12.8 Å². The number of aliphatic hydroxyl groups is 1. The highest BCUT2D eigenvalue weighted by molar-refractivity contribution is 5.66. The average molecular weight is 244 g/mol. The van der Waals surface area contributed by atoms with Crippen molar-refractivity contribution in [1.82, 2.24) is 0 Å². The summed E-state index contributed by atoms with van der Waals surface area (Å²) in [5, 5.41) is 10.1. The first-order chi connectivity index (χ1) is 7.97. The van der Waals surface area contributed by atoms with Gasteiger partial charge in [0.05, 0.1) is 12.7 Å². The number of hydrogen-bond donors (Lipinski definition) is 1.